The SMILES string of the molecule is CCCNC(CC(F)(F)F)c1sccc1Cl. The van der Waals surface area contributed by atoms with E-state index >= 15 is 0 Å². The molecule has 16 heavy (non-hydrogen) atoms. The van der Waals surface area contributed by atoms with Crippen LogP contribution in [-0.4, -0.2) is 12.7 Å². The van der Waals surface area contributed by atoms with E-state index in [9.17, 15) is 13.2 Å². The molecule has 1 aromatic rings. The quantitative estimate of drug-likeness (QED) is 0.837. The van der Waals surface area contributed by atoms with Gasteiger partial charge in [0.15, 0.2) is 0 Å². The van der Waals surface area contributed by atoms with Crippen LogP contribution in [0.3, 0.4) is 0 Å². The molecule has 1 aromatic heterocycles. The maximum atomic E-state index is 12.4. The lowest BCUT2D eigenvalue weighted by Gasteiger charge is -2.19. The second kappa shape index (κ2) is 5.89. The molecular formula is C10H13ClF3NS. The van der Waals surface area contributed by atoms with E-state index in [-0.39, 0.29) is 0 Å². The number of nitrogens with one attached hydrogen (secondary N) is 1. The molecule has 0 fully saturated rings. The lowest BCUT2D eigenvalue weighted by Crippen LogP contribution is -2.26. The van der Waals surface area contributed by atoms with Crippen molar-refractivity contribution in [3.8, 4) is 0 Å². The molecule has 0 bridgehead atoms. The lowest BCUT2D eigenvalue weighted by atomic mass is 10.1. The Labute approximate surface area is 102 Å². The minimum atomic E-state index is -4.18. The summed E-state index contributed by atoms with van der Waals surface area (Å²) in [5.41, 5.74) is 0. The summed E-state index contributed by atoms with van der Waals surface area (Å²) in [7, 11) is 0. The number of hydrogen-bond donors (Lipinski definition) is 1. The van der Waals surface area contributed by atoms with Gasteiger partial charge < -0.3 is 5.32 Å². The smallest absolute Gasteiger partial charge is 0.309 e. The van der Waals surface area contributed by atoms with Gasteiger partial charge in [-0.1, -0.05) is 18.5 Å². The number of hydrogen-bond acceptors (Lipinski definition) is 2. The molecule has 0 aromatic carbocycles. The van der Waals surface area contributed by atoms with Gasteiger partial charge in [0.05, 0.1) is 17.5 Å². The van der Waals surface area contributed by atoms with Gasteiger partial charge in [0.25, 0.3) is 0 Å². The molecule has 1 unspecified atom stereocenters. The highest BCUT2D eigenvalue weighted by molar-refractivity contribution is 7.10. The Kier molecular flexibility index (Phi) is 5.08. The van der Waals surface area contributed by atoms with E-state index in [4.69, 9.17) is 11.6 Å². The molecule has 0 aliphatic heterocycles. The van der Waals surface area contributed by atoms with E-state index < -0.39 is 18.6 Å². The predicted octanol–water partition coefficient (Wildman–Crippen LogP) is 4.39. The average molecular weight is 272 g/mol. The monoisotopic (exact) mass is 271 g/mol. The van der Waals surface area contributed by atoms with Crippen molar-refractivity contribution >= 4 is 22.9 Å². The van der Waals surface area contributed by atoms with Crippen LogP contribution in [0.15, 0.2) is 11.4 Å². The standard InChI is InChI=1S/C10H13ClF3NS/c1-2-4-15-8(6-10(12,13)14)9-7(11)3-5-16-9/h3,5,8,15H,2,4,6H2,1H3. The Balaban J connectivity index is 2.75. The highest BCUT2D eigenvalue weighted by Gasteiger charge is 2.33. The first-order chi connectivity index (χ1) is 7.44. The molecular weight excluding hydrogens is 259 g/mol. The molecule has 6 heteroatoms. The predicted molar refractivity (Wildman–Crippen MR) is 61.0 cm³/mol. The van der Waals surface area contributed by atoms with Gasteiger partial charge in [0.2, 0.25) is 0 Å². The Hall–Kier alpha value is -0.260. The molecule has 0 saturated carbocycles. The lowest BCUT2D eigenvalue weighted by molar-refractivity contribution is -0.140. The first-order valence-corrected chi connectivity index (χ1v) is 6.23. The highest BCUT2D eigenvalue weighted by Crippen LogP contribution is 2.35. The van der Waals surface area contributed by atoms with E-state index in [1.807, 2.05) is 6.92 Å². The molecule has 0 radical (unpaired) electrons. The molecule has 1 nitrogen and oxygen atoms in total. The number of rotatable bonds is 5. The van der Waals surface area contributed by atoms with Crippen LogP contribution in [0.25, 0.3) is 0 Å². The zero-order valence-corrected chi connectivity index (χ0v) is 10.3. The molecule has 0 spiro atoms. The third kappa shape index (κ3) is 4.31. The van der Waals surface area contributed by atoms with Crippen molar-refractivity contribution in [3.05, 3.63) is 21.3 Å². The molecule has 1 heterocycles. The Bertz CT molecular complexity index is 324. The number of thiophene rings is 1. The maximum Gasteiger partial charge on any atom is 0.390 e. The van der Waals surface area contributed by atoms with Gasteiger partial charge in [0.1, 0.15) is 0 Å². The topological polar surface area (TPSA) is 12.0 Å². The largest absolute Gasteiger partial charge is 0.390 e. The fourth-order valence-corrected chi connectivity index (χ4v) is 2.63. The van der Waals surface area contributed by atoms with Crippen molar-refractivity contribution in [3.63, 3.8) is 0 Å². The van der Waals surface area contributed by atoms with E-state index in [1.54, 1.807) is 11.4 Å². The Morgan fingerprint density at radius 2 is 2.19 bits per heavy atom. The van der Waals surface area contributed by atoms with Crippen LogP contribution in [0.4, 0.5) is 13.2 Å². The molecule has 0 aliphatic carbocycles. The summed E-state index contributed by atoms with van der Waals surface area (Å²) in [4.78, 5) is 0.562. The van der Waals surface area contributed by atoms with E-state index in [0.29, 0.717) is 16.4 Å². The van der Waals surface area contributed by atoms with Crippen LogP contribution in [0.1, 0.15) is 30.7 Å². The second-order valence-corrected chi connectivity index (χ2v) is 4.81. The van der Waals surface area contributed by atoms with Crippen molar-refractivity contribution in [2.24, 2.45) is 0 Å². The van der Waals surface area contributed by atoms with Gasteiger partial charge in [-0.25, -0.2) is 0 Å². The van der Waals surface area contributed by atoms with Gasteiger partial charge in [-0.2, -0.15) is 13.2 Å². The van der Waals surface area contributed by atoms with Crippen molar-refractivity contribution in [2.75, 3.05) is 6.54 Å². The van der Waals surface area contributed by atoms with Crippen LogP contribution < -0.4 is 5.32 Å². The van der Waals surface area contributed by atoms with Crippen molar-refractivity contribution in [1.29, 1.82) is 0 Å². The summed E-state index contributed by atoms with van der Waals surface area (Å²) in [5.74, 6) is 0. The normalized spacial score (nSPS) is 14.1. The molecule has 1 rings (SSSR count). The summed E-state index contributed by atoms with van der Waals surface area (Å²) in [5, 5.41) is 4.98. The fraction of sp³-hybridized carbons (Fsp3) is 0.600. The minimum absolute atomic E-state index is 0.405. The fourth-order valence-electron chi connectivity index (χ4n) is 1.36. The van der Waals surface area contributed by atoms with Crippen LogP contribution >= 0.6 is 22.9 Å². The first-order valence-electron chi connectivity index (χ1n) is 4.97. The number of halogens is 4. The van der Waals surface area contributed by atoms with Gasteiger partial charge in [-0.3, -0.25) is 0 Å². The van der Waals surface area contributed by atoms with Crippen molar-refractivity contribution in [1.82, 2.24) is 5.32 Å². The highest BCUT2D eigenvalue weighted by atomic mass is 35.5. The second-order valence-electron chi connectivity index (χ2n) is 3.46. The summed E-state index contributed by atoms with van der Waals surface area (Å²) in [6.07, 6.45) is -4.27. The van der Waals surface area contributed by atoms with Gasteiger partial charge in [-0.05, 0) is 24.4 Å². The Morgan fingerprint density at radius 3 is 2.62 bits per heavy atom. The van der Waals surface area contributed by atoms with E-state index in [2.05, 4.69) is 5.32 Å². The molecule has 1 atom stereocenters. The van der Waals surface area contributed by atoms with Crippen molar-refractivity contribution in [2.45, 2.75) is 32.0 Å². The first kappa shape index (κ1) is 13.8. The van der Waals surface area contributed by atoms with Crippen LogP contribution in [-0.2, 0) is 0 Å². The molecule has 92 valence electrons. The zero-order valence-electron chi connectivity index (χ0n) is 8.77. The summed E-state index contributed by atoms with van der Waals surface area (Å²) < 4.78 is 37.1. The third-order valence-corrected chi connectivity index (χ3v) is 3.51. The zero-order chi connectivity index (χ0) is 12.2. The number of alkyl halides is 3. The van der Waals surface area contributed by atoms with Gasteiger partial charge in [-0.15, -0.1) is 11.3 Å². The Morgan fingerprint density at radius 1 is 1.50 bits per heavy atom. The summed E-state index contributed by atoms with van der Waals surface area (Å²) in [6, 6.07) is 0.894. The summed E-state index contributed by atoms with van der Waals surface area (Å²) >= 11 is 7.10. The average Bonchev–Trinajstić information content (AvgIpc) is 2.57. The van der Waals surface area contributed by atoms with E-state index in [1.165, 1.54) is 11.3 Å². The molecule has 0 saturated heterocycles. The van der Waals surface area contributed by atoms with Gasteiger partial charge in [0, 0.05) is 4.88 Å². The van der Waals surface area contributed by atoms with E-state index in [0.717, 1.165) is 6.42 Å². The van der Waals surface area contributed by atoms with Crippen LogP contribution in [0.5, 0.6) is 0 Å². The molecule has 0 aliphatic rings. The van der Waals surface area contributed by atoms with Gasteiger partial charge >= 0.3 is 6.18 Å². The van der Waals surface area contributed by atoms with Crippen LogP contribution in [0.2, 0.25) is 5.02 Å². The minimum Gasteiger partial charge on any atom is -0.309 e. The summed E-state index contributed by atoms with van der Waals surface area (Å²) in [6.45, 7) is 2.46. The maximum absolute atomic E-state index is 12.4. The molecule has 0 amide bonds. The third-order valence-electron chi connectivity index (χ3n) is 2.04. The van der Waals surface area contributed by atoms with Crippen LogP contribution in [0, 0.1) is 0 Å². The van der Waals surface area contributed by atoms with Crippen molar-refractivity contribution < 1.29 is 13.2 Å². The molecule has 1 N–H and O–H groups in total.